The number of benzene rings is 1. The molecule has 7 nitrogen and oxygen atoms in total. The number of nitrogens with zero attached hydrogens (tertiary/aromatic N) is 3. The number of anilines is 1. The Hall–Kier alpha value is -2.29. The first-order chi connectivity index (χ1) is 12.6. The van der Waals surface area contributed by atoms with E-state index in [2.05, 4.69) is 20.1 Å². The van der Waals surface area contributed by atoms with Crippen LogP contribution in [-0.2, 0) is 16.1 Å². The monoisotopic (exact) mass is 374 g/mol. The maximum atomic E-state index is 12.0. The highest BCUT2D eigenvalue weighted by Crippen LogP contribution is 2.20. The van der Waals surface area contributed by atoms with Crippen molar-refractivity contribution in [1.82, 2.24) is 14.8 Å². The quantitative estimate of drug-likeness (QED) is 0.614. The molecule has 0 bridgehead atoms. The Morgan fingerprint density at radius 3 is 2.54 bits per heavy atom. The molecule has 1 saturated heterocycles. The van der Waals surface area contributed by atoms with Gasteiger partial charge in [0.1, 0.15) is 5.75 Å². The summed E-state index contributed by atoms with van der Waals surface area (Å²) in [4.78, 5) is 32.8. The Labute approximate surface area is 156 Å². The molecular formula is C18H22N4O3S. The topological polar surface area (TPSA) is 74.8 Å². The lowest BCUT2D eigenvalue weighted by Gasteiger charge is -2.33. The van der Waals surface area contributed by atoms with Crippen LogP contribution in [0.4, 0.5) is 5.13 Å². The summed E-state index contributed by atoms with van der Waals surface area (Å²) in [6, 6.07) is 9.13. The molecule has 1 aliphatic rings. The van der Waals surface area contributed by atoms with Gasteiger partial charge in [-0.25, -0.2) is 4.98 Å². The second kappa shape index (κ2) is 8.88. The molecule has 0 saturated carbocycles. The van der Waals surface area contributed by atoms with Gasteiger partial charge in [-0.05, 0) is 12.1 Å². The van der Waals surface area contributed by atoms with Crippen LogP contribution in [0.2, 0.25) is 0 Å². The number of esters is 1. The lowest BCUT2D eigenvalue weighted by molar-refractivity contribution is -0.136. The Morgan fingerprint density at radius 1 is 1.15 bits per heavy atom. The summed E-state index contributed by atoms with van der Waals surface area (Å²) in [5.41, 5.74) is 0. The highest BCUT2D eigenvalue weighted by atomic mass is 32.1. The fraction of sp³-hybridized carbons (Fsp3) is 0.389. The predicted octanol–water partition coefficient (Wildman–Crippen LogP) is 1.82. The van der Waals surface area contributed by atoms with E-state index in [-0.39, 0.29) is 11.9 Å². The molecule has 1 N–H and O–H groups in total. The molecule has 2 heterocycles. The molecule has 3 rings (SSSR count). The third-order valence-electron chi connectivity index (χ3n) is 4.01. The minimum Gasteiger partial charge on any atom is -0.426 e. The smallest absolute Gasteiger partial charge is 0.325 e. The SMILES string of the molecule is CC(=O)Nc1ncc(CN2CCN(CC(=O)Oc3ccccc3)CC2)s1. The molecule has 26 heavy (non-hydrogen) atoms. The van der Waals surface area contributed by atoms with E-state index in [9.17, 15) is 9.59 Å². The molecule has 138 valence electrons. The van der Waals surface area contributed by atoms with Gasteiger partial charge in [-0.3, -0.25) is 19.4 Å². The summed E-state index contributed by atoms with van der Waals surface area (Å²) in [5, 5.41) is 3.34. The largest absolute Gasteiger partial charge is 0.426 e. The van der Waals surface area contributed by atoms with Crippen LogP contribution in [0, 0.1) is 0 Å². The van der Waals surface area contributed by atoms with Crippen LogP contribution in [0.15, 0.2) is 36.5 Å². The van der Waals surface area contributed by atoms with Crippen LogP contribution in [0.1, 0.15) is 11.8 Å². The van der Waals surface area contributed by atoms with E-state index in [0.29, 0.717) is 17.4 Å². The summed E-state index contributed by atoms with van der Waals surface area (Å²) in [6.07, 6.45) is 1.81. The molecule has 1 fully saturated rings. The van der Waals surface area contributed by atoms with Crippen molar-refractivity contribution >= 4 is 28.3 Å². The van der Waals surface area contributed by atoms with Crippen molar-refractivity contribution < 1.29 is 14.3 Å². The number of piperazine rings is 1. The highest BCUT2D eigenvalue weighted by Gasteiger charge is 2.20. The van der Waals surface area contributed by atoms with Gasteiger partial charge < -0.3 is 10.1 Å². The van der Waals surface area contributed by atoms with Crippen LogP contribution >= 0.6 is 11.3 Å². The number of ether oxygens (including phenoxy) is 1. The van der Waals surface area contributed by atoms with Crippen molar-refractivity contribution in [3.63, 3.8) is 0 Å². The number of para-hydroxylation sites is 1. The zero-order valence-electron chi connectivity index (χ0n) is 14.7. The number of hydrogen-bond donors (Lipinski definition) is 1. The van der Waals surface area contributed by atoms with Gasteiger partial charge in [0.15, 0.2) is 5.13 Å². The number of amides is 1. The van der Waals surface area contributed by atoms with Crippen molar-refractivity contribution in [2.24, 2.45) is 0 Å². The second-order valence-electron chi connectivity index (χ2n) is 6.15. The van der Waals surface area contributed by atoms with Crippen LogP contribution in [0.5, 0.6) is 5.75 Å². The Balaban J connectivity index is 1.40. The summed E-state index contributed by atoms with van der Waals surface area (Å²) >= 11 is 1.50. The highest BCUT2D eigenvalue weighted by molar-refractivity contribution is 7.15. The van der Waals surface area contributed by atoms with E-state index in [4.69, 9.17) is 4.74 Å². The number of carbonyl (C=O) groups excluding carboxylic acids is 2. The molecular weight excluding hydrogens is 352 g/mol. The summed E-state index contributed by atoms with van der Waals surface area (Å²) in [7, 11) is 0. The van der Waals surface area contributed by atoms with E-state index in [1.807, 2.05) is 18.2 Å². The first-order valence-corrected chi connectivity index (χ1v) is 9.33. The van der Waals surface area contributed by atoms with Gasteiger partial charge in [0.25, 0.3) is 0 Å². The minimum atomic E-state index is -0.230. The molecule has 1 aromatic carbocycles. The molecule has 1 aromatic heterocycles. The van der Waals surface area contributed by atoms with Crippen molar-refractivity contribution in [1.29, 1.82) is 0 Å². The van der Waals surface area contributed by atoms with E-state index in [1.165, 1.54) is 18.3 Å². The fourth-order valence-corrected chi connectivity index (χ4v) is 3.65. The predicted molar refractivity (Wildman–Crippen MR) is 100 cm³/mol. The number of thiazole rings is 1. The normalized spacial score (nSPS) is 15.6. The average Bonchev–Trinajstić information content (AvgIpc) is 3.03. The summed E-state index contributed by atoms with van der Waals surface area (Å²) in [5.74, 6) is 0.241. The minimum absolute atomic E-state index is 0.109. The van der Waals surface area contributed by atoms with Gasteiger partial charge in [0.2, 0.25) is 5.91 Å². The fourth-order valence-electron chi connectivity index (χ4n) is 2.75. The van der Waals surface area contributed by atoms with E-state index >= 15 is 0 Å². The van der Waals surface area contributed by atoms with Crippen LogP contribution in [0.25, 0.3) is 0 Å². The molecule has 0 unspecified atom stereocenters. The van der Waals surface area contributed by atoms with Crippen molar-refractivity contribution in [2.75, 3.05) is 38.0 Å². The van der Waals surface area contributed by atoms with Crippen LogP contribution < -0.4 is 10.1 Å². The van der Waals surface area contributed by atoms with Gasteiger partial charge in [0, 0.05) is 50.7 Å². The third-order valence-corrected chi connectivity index (χ3v) is 4.91. The van der Waals surface area contributed by atoms with Gasteiger partial charge in [-0.1, -0.05) is 18.2 Å². The maximum Gasteiger partial charge on any atom is 0.325 e. The third kappa shape index (κ3) is 5.62. The molecule has 0 aliphatic carbocycles. The lowest BCUT2D eigenvalue weighted by atomic mass is 10.3. The second-order valence-corrected chi connectivity index (χ2v) is 7.27. The summed E-state index contributed by atoms with van der Waals surface area (Å²) in [6.45, 7) is 5.99. The van der Waals surface area contributed by atoms with Crippen molar-refractivity contribution in [3.05, 3.63) is 41.4 Å². The first-order valence-electron chi connectivity index (χ1n) is 8.51. The van der Waals surface area contributed by atoms with Gasteiger partial charge in [0.05, 0.1) is 6.54 Å². The lowest BCUT2D eigenvalue weighted by Crippen LogP contribution is -2.47. The molecule has 0 spiro atoms. The number of hydrogen-bond acceptors (Lipinski definition) is 7. The maximum absolute atomic E-state index is 12.0. The molecule has 8 heteroatoms. The van der Waals surface area contributed by atoms with E-state index < -0.39 is 0 Å². The average molecular weight is 374 g/mol. The van der Waals surface area contributed by atoms with Crippen molar-refractivity contribution in [2.45, 2.75) is 13.5 Å². The summed E-state index contributed by atoms with van der Waals surface area (Å²) < 4.78 is 5.34. The number of rotatable bonds is 6. The standard InChI is InChI=1S/C18H22N4O3S/c1-14(23)20-18-19-11-16(26-18)12-21-7-9-22(10-8-21)13-17(24)25-15-5-3-2-4-6-15/h2-6,11H,7-10,12-13H2,1H3,(H,19,20,23). The first kappa shape index (κ1) is 18.5. The Kier molecular flexibility index (Phi) is 6.32. The number of carbonyl (C=O) groups is 2. The van der Waals surface area contributed by atoms with E-state index in [1.54, 1.807) is 18.3 Å². The van der Waals surface area contributed by atoms with Gasteiger partial charge >= 0.3 is 5.97 Å². The molecule has 2 aromatic rings. The van der Waals surface area contributed by atoms with Crippen molar-refractivity contribution in [3.8, 4) is 5.75 Å². The zero-order valence-corrected chi connectivity index (χ0v) is 15.5. The molecule has 1 amide bonds. The zero-order chi connectivity index (χ0) is 18.4. The van der Waals surface area contributed by atoms with Crippen LogP contribution in [-0.4, -0.2) is 59.4 Å². The van der Waals surface area contributed by atoms with Gasteiger partial charge in [-0.15, -0.1) is 11.3 Å². The van der Waals surface area contributed by atoms with E-state index in [0.717, 1.165) is 37.6 Å². The molecule has 1 aliphatic heterocycles. The Morgan fingerprint density at radius 2 is 1.85 bits per heavy atom. The van der Waals surface area contributed by atoms with Crippen LogP contribution in [0.3, 0.4) is 0 Å². The Bertz CT molecular complexity index is 742. The number of aromatic nitrogens is 1. The molecule has 0 radical (unpaired) electrons. The molecule has 0 atom stereocenters. The number of nitrogens with one attached hydrogen (secondary N) is 1. The van der Waals surface area contributed by atoms with Gasteiger partial charge in [-0.2, -0.15) is 0 Å².